The fourth-order valence-electron chi connectivity index (χ4n) is 2.04. The van der Waals surface area contributed by atoms with E-state index >= 15 is 0 Å². The minimum absolute atomic E-state index is 0.190. The minimum atomic E-state index is -0.765. The summed E-state index contributed by atoms with van der Waals surface area (Å²) < 4.78 is 9.48. The van der Waals surface area contributed by atoms with Crippen LogP contribution in [0.15, 0.2) is 66.2 Å². The van der Waals surface area contributed by atoms with Crippen LogP contribution in [-0.4, -0.2) is 26.2 Å². The van der Waals surface area contributed by atoms with Gasteiger partial charge in [0.25, 0.3) is 0 Å². The summed E-state index contributed by atoms with van der Waals surface area (Å²) in [6.07, 6.45) is 0. The minimum Gasteiger partial charge on any atom is -0.465 e. The lowest BCUT2D eigenvalue weighted by Gasteiger charge is -2.15. The van der Waals surface area contributed by atoms with E-state index in [1.54, 1.807) is 12.1 Å². The van der Waals surface area contributed by atoms with E-state index in [0.717, 1.165) is 5.69 Å². The number of carbonyl (C=O) groups is 2. The van der Waals surface area contributed by atoms with Crippen LogP contribution in [0.25, 0.3) is 5.70 Å². The molecule has 0 spiro atoms. The predicted octanol–water partition coefficient (Wildman–Crippen LogP) is 2.86. The van der Waals surface area contributed by atoms with E-state index in [9.17, 15) is 9.59 Å². The summed E-state index contributed by atoms with van der Waals surface area (Å²) in [5.74, 6) is -1.53. The van der Waals surface area contributed by atoms with Crippen LogP contribution in [0.4, 0.5) is 5.69 Å². The summed E-state index contributed by atoms with van der Waals surface area (Å²) in [5, 5.41) is 3.10. The Balaban J connectivity index is 2.60. The molecule has 0 saturated heterocycles. The standard InChI is InChI=1S/C18H17NO4/c1-22-17(20)15(18(21)23-2)16(13-9-5-3-6-10-13)19-14-11-7-4-8-12-14/h3-12,19H,1-2H3. The lowest BCUT2D eigenvalue weighted by atomic mass is 10.1. The molecular formula is C18H17NO4. The second-order valence-electron chi connectivity index (χ2n) is 4.59. The number of ether oxygens (including phenoxy) is 2. The van der Waals surface area contributed by atoms with Gasteiger partial charge in [-0.3, -0.25) is 0 Å². The van der Waals surface area contributed by atoms with Gasteiger partial charge in [-0.25, -0.2) is 9.59 Å². The number of nitrogens with one attached hydrogen (secondary N) is 1. The summed E-state index contributed by atoms with van der Waals surface area (Å²) >= 11 is 0. The first-order valence-corrected chi connectivity index (χ1v) is 6.95. The van der Waals surface area contributed by atoms with E-state index in [0.29, 0.717) is 11.3 Å². The number of benzene rings is 2. The maximum Gasteiger partial charge on any atom is 0.347 e. The molecule has 0 aromatic heterocycles. The first kappa shape index (κ1) is 16.3. The van der Waals surface area contributed by atoms with Gasteiger partial charge in [0.1, 0.15) is 0 Å². The fourth-order valence-corrected chi connectivity index (χ4v) is 2.04. The zero-order chi connectivity index (χ0) is 16.7. The first-order chi connectivity index (χ1) is 11.2. The molecule has 0 fully saturated rings. The van der Waals surface area contributed by atoms with E-state index < -0.39 is 11.9 Å². The summed E-state index contributed by atoms with van der Waals surface area (Å²) in [7, 11) is 2.44. The quantitative estimate of drug-likeness (QED) is 0.398. The van der Waals surface area contributed by atoms with Crippen LogP contribution in [-0.2, 0) is 19.1 Å². The first-order valence-electron chi connectivity index (χ1n) is 6.95. The number of hydrogen-bond donors (Lipinski definition) is 1. The van der Waals surface area contributed by atoms with Gasteiger partial charge in [-0.1, -0.05) is 48.5 Å². The molecular weight excluding hydrogens is 294 g/mol. The van der Waals surface area contributed by atoms with Crippen molar-refractivity contribution in [3.63, 3.8) is 0 Å². The van der Waals surface area contributed by atoms with E-state index in [-0.39, 0.29) is 5.57 Å². The molecule has 1 N–H and O–H groups in total. The highest BCUT2D eigenvalue weighted by molar-refractivity contribution is 6.21. The number of esters is 2. The number of hydrogen-bond acceptors (Lipinski definition) is 5. The van der Waals surface area contributed by atoms with Gasteiger partial charge in [-0.15, -0.1) is 0 Å². The number of methoxy groups -OCH3 is 2. The van der Waals surface area contributed by atoms with Crippen molar-refractivity contribution in [3.8, 4) is 0 Å². The number of para-hydroxylation sites is 1. The maximum atomic E-state index is 12.1. The molecule has 0 bridgehead atoms. The molecule has 5 heteroatoms. The molecule has 0 aliphatic rings. The molecule has 0 saturated carbocycles. The van der Waals surface area contributed by atoms with E-state index in [1.165, 1.54) is 14.2 Å². The van der Waals surface area contributed by atoms with Gasteiger partial charge < -0.3 is 14.8 Å². The Kier molecular flexibility index (Phi) is 5.52. The summed E-state index contributed by atoms with van der Waals surface area (Å²) in [4.78, 5) is 24.2. The Bertz CT molecular complexity index is 690. The van der Waals surface area contributed by atoms with Crippen LogP contribution in [0, 0.1) is 0 Å². The molecule has 0 radical (unpaired) electrons. The van der Waals surface area contributed by atoms with Gasteiger partial charge >= 0.3 is 11.9 Å². The van der Waals surface area contributed by atoms with Gasteiger partial charge in [0.05, 0.1) is 19.9 Å². The van der Waals surface area contributed by atoms with E-state index in [4.69, 9.17) is 9.47 Å². The second kappa shape index (κ2) is 7.79. The predicted molar refractivity (Wildman–Crippen MR) is 87.5 cm³/mol. The highest BCUT2D eigenvalue weighted by Crippen LogP contribution is 2.23. The summed E-state index contributed by atoms with van der Waals surface area (Å²) in [5.41, 5.74) is 1.54. The number of carbonyl (C=O) groups excluding carboxylic acids is 2. The molecule has 0 aliphatic carbocycles. The maximum absolute atomic E-state index is 12.1. The fraction of sp³-hybridized carbons (Fsp3) is 0.111. The average Bonchev–Trinajstić information content (AvgIpc) is 2.62. The molecule has 2 rings (SSSR count). The molecule has 0 unspecified atom stereocenters. The van der Waals surface area contributed by atoms with Gasteiger partial charge in [0.2, 0.25) is 0 Å². The van der Waals surface area contributed by atoms with Gasteiger partial charge in [-0.05, 0) is 17.7 Å². The Morgan fingerprint density at radius 1 is 0.783 bits per heavy atom. The largest absolute Gasteiger partial charge is 0.465 e. The van der Waals surface area contributed by atoms with Crippen molar-refractivity contribution in [3.05, 3.63) is 71.8 Å². The molecule has 118 valence electrons. The Hall–Kier alpha value is -3.08. The normalized spacial score (nSPS) is 9.65. The highest BCUT2D eigenvalue weighted by atomic mass is 16.5. The molecule has 2 aromatic rings. The smallest absolute Gasteiger partial charge is 0.347 e. The zero-order valence-electron chi connectivity index (χ0n) is 12.9. The summed E-state index contributed by atoms with van der Waals surface area (Å²) in [6, 6.07) is 18.3. The van der Waals surface area contributed by atoms with Crippen molar-refractivity contribution < 1.29 is 19.1 Å². The third-order valence-electron chi connectivity index (χ3n) is 3.13. The third-order valence-corrected chi connectivity index (χ3v) is 3.13. The van der Waals surface area contributed by atoms with Crippen LogP contribution < -0.4 is 5.32 Å². The Morgan fingerprint density at radius 3 is 1.74 bits per heavy atom. The van der Waals surface area contributed by atoms with Crippen LogP contribution >= 0.6 is 0 Å². The molecule has 0 heterocycles. The van der Waals surface area contributed by atoms with Gasteiger partial charge in [0.15, 0.2) is 5.57 Å². The monoisotopic (exact) mass is 311 g/mol. The lowest BCUT2D eigenvalue weighted by molar-refractivity contribution is -0.143. The van der Waals surface area contributed by atoms with E-state index in [2.05, 4.69) is 5.32 Å². The van der Waals surface area contributed by atoms with Crippen LogP contribution in [0.1, 0.15) is 5.56 Å². The van der Waals surface area contributed by atoms with Gasteiger partial charge in [-0.2, -0.15) is 0 Å². The topological polar surface area (TPSA) is 64.6 Å². The van der Waals surface area contributed by atoms with Crippen molar-refractivity contribution >= 4 is 23.3 Å². The molecule has 0 aliphatic heterocycles. The molecule has 0 amide bonds. The summed E-state index contributed by atoms with van der Waals surface area (Å²) in [6.45, 7) is 0. The number of rotatable bonds is 5. The van der Waals surface area contributed by atoms with E-state index in [1.807, 2.05) is 48.5 Å². The molecule has 2 aromatic carbocycles. The van der Waals surface area contributed by atoms with Crippen LogP contribution in [0.3, 0.4) is 0 Å². The van der Waals surface area contributed by atoms with Crippen LogP contribution in [0.2, 0.25) is 0 Å². The SMILES string of the molecule is COC(=O)C(C(=O)OC)=C(Nc1ccccc1)c1ccccc1. The molecule has 0 atom stereocenters. The number of anilines is 1. The highest BCUT2D eigenvalue weighted by Gasteiger charge is 2.26. The van der Waals surface area contributed by atoms with Crippen molar-refractivity contribution in [2.45, 2.75) is 0 Å². The molecule has 23 heavy (non-hydrogen) atoms. The van der Waals surface area contributed by atoms with Crippen LogP contribution in [0.5, 0.6) is 0 Å². The third kappa shape index (κ3) is 3.97. The zero-order valence-corrected chi connectivity index (χ0v) is 12.9. The molecule has 5 nitrogen and oxygen atoms in total. The average molecular weight is 311 g/mol. The Morgan fingerprint density at radius 2 is 1.26 bits per heavy atom. The van der Waals surface area contributed by atoms with Crippen molar-refractivity contribution in [2.75, 3.05) is 19.5 Å². The van der Waals surface area contributed by atoms with Gasteiger partial charge in [0, 0.05) is 5.69 Å². The Labute approximate surface area is 134 Å². The second-order valence-corrected chi connectivity index (χ2v) is 4.59. The van der Waals surface area contributed by atoms with Crippen molar-refractivity contribution in [1.82, 2.24) is 0 Å². The van der Waals surface area contributed by atoms with Crippen molar-refractivity contribution in [2.24, 2.45) is 0 Å². The van der Waals surface area contributed by atoms with Crippen molar-refractivity contribution in [1.29, 1.82) is 0 Å². The lowest BCUT2D eigenvalue weighted by Crippen LogP contribution is -2.20.